The second kappa shape index (κ2) is 5.09. The van der Waals surface area contributed by atoms with Crippen LogP contribution in [-0.2, 0) is 5.41 Å². The third kappa shape index (κ3) is 2.81. The largest absolute Gasteiger partial charge is 0.497 e. The number of benzene rings is 1. The molecule has 0 radical (unpaired) electrons. The lowest BCUT2D eigenvalue weighted by atomic mass is 9.90. The Hall–Kier alpha value is -1.75. The topological polar surface area (TPSA) is 52.1 Å². The van der Waals surface area contributed by atoms with Crippen LogP contribution in [0.5, 0.6) is 5.75 Å². The fourth-order valence-electron chi connectivity index (χ4n) is 1.70. The first kappa shape index (κ1) is 13.7. The van der Waals surface area contributed by atoms with E-state index in [2.05, 4.69) is 9.59 Å². The highest BCUT2D eigenvalue weighted by Crippen LogP contribution is 2.28. The number of ketones is 1. The summed E-state index contributed by atoms with van der Waals surface area (Å²) in [5.74, 6) is 0.692. The van der Waals surface area contributed by atoms with Gasteiger partial charge in [-0.3, -0.25) is 4.79 Å². The number of carbonyl (C=O) groups is 1. The van der Waals surface area contributed by atoms with Gasteiger partial charge in [-0.1, -0.05) is 25.3 Å². The molecule has 0 aliphatic carbocycles. The zero-order valence-electron chi connectivity index (χ0n) is 11.4. The van der Waals surface area contributed by atoms with Crippen LogP contribution in [-0.4, -0.2) is 22.5 Å². The van der Waals surface area contributed by atoms with E-state index < -0.39 is 0 Å². The first-order chi connectivity index (χ1) is 8.93. The quantitative estimate of drug-likeness (QED) is 0.808. The van der Waals surface area contributed by atoms with Gasteiger partial charge in [0.15, 0.2) is 0 Å². The van der Waals surface area contributed by atoms with Crippen LogP contribution in [0.2, 0.25) is 0 Å². The highest BCUT2D eigenvalue weighted by Gasteiger charge is 2.26. The van der Waals surface area contributed by atoms with Gasteiger partial charge >= 0.3 is 0 Å². The molecule has 1 heterocycles. The smallest absolute Gasteiger partial charge is 0.206 e. The average molecular weight is 276 g/mol. The average Bonchev–Trinajstić information content (AvgIpc) is 2.87. The number of rotatable bonds is 3. The van der Waals surface area contributed by atoms with Gasteiger partial charge in [0, 0.05) is 11.0 Å². The minimum atomic E-state index is -0.190. The highest BCUT2D eigenvalue weighted by molar-refractivity contribution is 7.08. The van der Waals surface area contributed by atoms with E-state index in [1.807, 2.05) is 20.8 Å². The zero-order chi connectivity index (χ0) is 14.0. The summed E-state index contributed by atoms with van der Waals surface area (Å²) in [6, 6.07) is 7.07. The number of hydrogen-bond donors (Lipinski definition) is 0. The van der Waals surface area contributed by atoms with E-state index in [1.54, 1.807) is 31.4 Å². The summed E-state index contributed by atoms with van der Waals surface area (Å²) in [7, 11) is 1.60. The van der Waals surface area contributed by atoms with Crippen molar-refractivity contribution in [1.82, 2.24) is 9.59 Å². The zero-order valence-corrected chi connectivity index (χ0v) is 12.2. The van der Waals surface area contributed by atoms with Crippen molar-refractivity contribution in [3.05, 3.63) is 40.4 Å². The van der Waals surface area contributed by atoms with Gasteiger partial charge in [0.25, 0.3) is 0 Å². The lowest BCUT2D eigenvalue weighted by Gasteiger charge is -2.15. The van der Waals surface area contributed by atoms with E-state index in [4.69, 9.17) is 4.74 Å². The molecule has 1 aromatic carbocycles. The van der Waals surface area contributed by atoms with E-state index in [1.165, 1.54) is 0 Å². The molecule has 2 rings (SSSR count). The number of aromatic nitrogens is 2. The van der Waals surface area contributed by atoms with Crippen LogP contribution >= 0.6 is 11.5 Å². The Morgan fingerprint density at radius 3 is 2.37 bits per heavy atom. The van der Waals surface area contributed by atoms with Gasteiger partial charge in [-0.05, 0) is 35.8 Å². The molecule has 0 atom stereocenters. The SMILES string of the molecule is COc1ccc(C(=O)c2snnc2C(C)(C)C)cc1. The Kier molecular flexibility index (Phi) is 3.66. The van der Waals surface area contributed by atoms with Gasteiger partial charge in [0.2, 0.25) is 5.78 Å². The Balaban J connectivity index is 2.36. The van der Waals surface area contributed by atoms with Crippen LogP contribution in [0, 0.1) is 0 Å². The minimum Gasteiger partial charge on any atom is -0.497 e. The lowest BCUT2D eigenvalue weighted by Crippen LogP contribution is -2.16. The minimum absolute atomic E-state index is 0.0393. The second-order valence-electron chi connectivity index (χ2n) is 5.26. The van der Waals surface area contributed by atoms with E-state index in [-0.39, 0.29) is 11.2 Å². The fourth-order valence-corrected chi connectivity index (χ4v) is 2.54. The highest BCUT2D eigenvalue weighted by atomic mass is 32.1. The number of ether oxygens (including phenoxy) is 1. The molecule has 2 aromatic rings. The Morgan fingerprint density at radius 1 is 1.21 bits per heavy atom. The molecule has 0 spiro atoms. The normalized spacial score (nSPS) is 11.4. The monoisotopic (exact) mass is 276 g/mol. The van der Waals surface area contributed by atoms with E-state index in [9.17, 15) is 4.79 Å². The van der Waals surface area contributed by atoms with Crippen LogP contribution in [0.1, 0.15) is 41.7 Å². The molecule has 0 fully saturated rings. The summed E-state index contributed by atoms with van der Waals surface area (Å²) >= 11 is 1.15. The number of nitrogens with zero attached hydrogens (tertiary/aromatic N) is 2. The Morgan fingerprint density at radius 2 is 1.84 bits per heavy atom. The van der Waals surface area contributed by atoms with Gasteiger partial charge in [-0.25, -0.2) is 0 Å². The summed E-state index contributed by atoms with van der Waals surface area (Å²) in [6.07, 6.45) is 0. The van der Waals surface area contributed by atoms with Crippen LogP contribution in [0.15, 0.2) is 24.3 Å². The molecule has 0 saturated carbocycles. The van der Waals surface area contributed by atoms with Gasteiger partial charge in [-0.2, -0.15) is 0 Å². The maximum atomic E-state index is 12.5. The third-order valence-electron chi connectivity index (χ3n) is 2.76. The van der Waals surface area contributed by atoms with Gasteiger partial charge < -0.3 is 4.74 Å². The fraction of sp³-hybridized carbons (Fsp3) is 0.357. The van der Waals surface area contributed by atoms with Crippen molar-refractivity contribution in [1.29, 1.82) is 0 Å². The third-order valence-corrected chi connectivity index (χ3v) is 3.48. The number of carbonyl (C=O) groups excluding carboxylic acids is 1. The predicted molar refractivity (Wildman–Crippen MR) is 75.0 cm³/mol. The molecule has 0 N–H and O–H groups in total. The molecule has 0 bridgehead atoms. The first-order valence-corrected chi connectivity index (χ1v) is 6.72. The van der Waals surface area contributed by atoms with Gasteiger partial charge in [-0.15, -0.1) is 5.10 Å². The second-order valence-corrected chi connectivity index (χ2v) is 6.01. The van der Waals surface area contributed by atoms with Gasteiger partial charge in [0.1, 0.15) is 10.6 Å². The van der Waals surface area contributed by atoms with Crippen molar-refractivity contribution in [3.63, 3.8) is 0 Å². The van der Waals surface area contributed by atoms with Crippen molar-refractivity contribution in [3.8, 4) is 5.75 Å². The molecular formula is C14H16N2O2S. The van der Waals surface area contributed by atoms with Crippen molar-refractivity contribution in [2.75, 3.05) is 7.11 Å². The van der Waals surface area contributed by atoms with Crippen LogP contribution < -0.4 is 4.74 Å². The molecule has 0 saturated heterocycles. The standard InChI is InChI=1S/C14H16N2O2S/c1-14(2,3)13-12(19-16-15-13)11(17)9-5-7-10(18-4)8-6-9/h5-8H,1-4H3. The Labute approximate surface area is 116 Å². The van der Waals surface area contributed by atoms with Gasteiger partial charge in [0.05, 0.1) is 12.8 Å². The molecule has 4 nitrogen and oxygen atoms in total. The van der Waals surface area contributed by atoms with Crippen molar-refractivity contribution in [2.24, 2.45) is 0 Å². The predicted octanol–water partition coefficient (Wildman–Crippen LogP) is 3.08. The van der Waals surface area contributed by atoms with Crippen LogP contribution in [0.25, 0.3) is 0 Å². The van der Waals surface area contributed by atoms with Crippen LogP contribution in [0.4, 0.5) is 0 Å². The molecule has 5 heteroatoms. The summed E-state index contributed by atoms with van der Waals surface area (Å²) < 4.78 is 9.00. The van der Waals surface area contributed by atoms with Crippen molar-refractivity contribution < 1.29 is 9.53 Å². The Bertz CT molecular complexity index is 582. The molecule has 0 aliphatic heterocycles. The summed E-state index contributed by atoms with van der Waals surface area (Å²) in [5, 5.41) is 4.09. The maximum Gasteiger partial charge on any atom is 0.206 e. The molecule has 19 heavy (non-hydrogen) atoms. The number of methoxy groups -OCH3 is 1. The van der Waals surface area contributed by atoms with E-state index >= 15 is 0 Å². The first-order valence-electron chi connectivity index (χ1n) is 5.95. The molecular weight excluding hydrogens is 260 g/mol. The summed E-state index contributed by atoms with van der Waals surface area (Å²) in [6.45, 7) is 6.07. The molecule has 100 valence electrons. The summed E-state index contributed by atoms with van der Waals surface area (Å²) in [4.78, 5) is 13.1. The molecule has 1 aromatic heterocycles. The molecule has 0 amide bonds. The van der Waals surface area contributed by atoms with Crippen molar-refractivity contribution >= 4 is 17.3 Å². The molecule has 0 aliphatic rings. The lowest BCUT2D eigenvalue weighted by molar-refractivity contribution is 0.104. The summed E-state index contributed by atoms with van der Waals surface area (Å²) in [5.41, 5.74) is 1.18. The van der Waals surface area contributed by atoms with Crippen molar-refractivity contribution in [2.45, 2.75) is 26.2 Å². The molecule has 0 unspecified atom stereocenters. The maximum absolute atomic E-state index is 12.5. The van der Waals surface area contributed by atoms with E-state index in [0.717, 1.165) is 23.0 Å². The van der Waals surface area contributed by atoms with Crippen LogP contribution in [0.3, 0.4) is 0 Å². The van der Waals surface area contributed by atoms with E-state index in [0.29, 0.717) is 10.4 Å². The number of hydrogen-bond acceptors (Lipinski definition) is 5.